The van der Waals surface area contributed by atoms with E-state index in [4.69, 9.17) is 27.8 Å². The van der Waals surface area contributed by atoms with Gasteiger partial charge in [-0.3, -0.25) is 9.59 Å². The molecule has 0 aliphatic carbocycles. The Bertz CT molecular complexity index is 2220. The third-order valence-corrected chi connectivity index (χ3v) is 7.38. The van der Waals surface area contributed by atoms with Crippen LogP contribution < -0.4 is 29.8 Å². The van der Waals surface area contributed by atoms with Crippen LogP contribution in [0, 0.1) is 13.8 Å². The minimum atomic E-state index is -0.415. The molecular weight excluding hydrogens is 544 g/mol. The monoisotopic (exact) mass is 570 g/mol. The van der Waals surface area contributed by atoms with E-state index in [-0.39, 0.29) is 50.3 Å². The second-order valence-electron chi connectivity index (χ2n) is 9.80. The number of hydrogen-bond donors (Lipinski definition) is 2. The second kappa shape index (κ2) is 9.62. The zero-order valence-electron chi connectivity index (χ0n) is 23.6. The lowest BCUT2D eigenvalue weighted by molar-refractivity contribution is 0.392. The van der Waals surface area contributed by atoms with Gasteiger partial charge in [-0.15, -0.1) is 0 Å². The molecule has 10 heteroatoms. The number of phenolic OH excluding ortho intramolecular Hbond substituents is 2. The molecule has 0 saturated heterocycles. The predicted octanol–water partition coefficient (Wildman–Crippen LogP) is 5.94. The van der Waals surface area contributed by atoms with Crippen LogP contribution in [-0.4, -0.2) is 38.7 Å². The number of aryl methyl sites for hydroxylation is 2. The zero-order chi connectivity index (χ0) is 30.0. The van der Waals surface area contributed by atoms with E-state index in [1.54, 1.807) is 32.0 Å². The summed E-state index contributed by atoms with van der Waals surface area (Å²) in [5.74, 6) is 1.27. The highest BCUT2D eigenvalue weighted by Crippen LogP contribution is 2.54. The minimum Gasteiger partial charge on any atom is -0.507 e. The maximum Gasteiger partial charge on any atom is 0.196 e. The molecule has 0 aliphatic heterocycles. The summed E-state index contributed by atoms with van der Waals surface area (Å²) in [5.41, 5.74) is 0.259. The molecule has 2 heterocycles. The van der Waals surface area contributed by atoms with Crippen molar-refractivity contribution in [2.75, 3.05) is 28.4 Å². The molecule has 2 N–H and O–H groups in total. The Labute approximate surface area is 237 Å². The van der Waals surface area contributed by atoms with Crippen LogP contribution in [0.2, 0.25) is 0 Å². The van der Waals surface area contributed by atoms with Gasteiger partial charge in [0.05, 0.1) is 44.8 Å². The van der Waals surface area contributed by atoms with Crippen LogP contribution in [-0.2, 0) is 0 Å². The third kappa shape index (κ3) is 3.72. The fraction of sp³-hybridized carbons (Fsp3) is 0.188. The summed E-state index contributed by atoms with van der Waals surface area (Å²) in [6, 6.07) is 8.93. The minimum absolute atomic E-state index is 0.00122. The molecule has 6 rings (SSSR count). The zero-order valence-corrected chi connectivity index (χ0v) is 23.6. The van der Waals surface area contributed by atoms with Crippen LogP contribution in [0.1, 0.15) is 11.5 Å². The standard InChI is InChI=1S/C32H26O10/c1-13-7-18(34)28-23(41-13)11-16-25(21(38-4)12-22(39-5)26(16)30(28)36)29-20(37-3)10-15-9-19(35)27-17(33)8-14(2)42-32(27)24(15)31(29)40-6/h7-12,35-36H,1-6H3. The molecule has 0 fully saturated rings. The Morgan fingerprint density at radius 3 is 1.88 bits per heavy atom. The highest BCUT2D eigenvalue weighted by Gasteiger charge is 2.29. The van der Waals surface area contributed by atoms with Crippen molar-refractivity contribution in [3.8, 4) is 45.6 Å². The van der Waals surface area contributed by atoms with Crippen LogP contribution in [0.25, 0.3) is 54.6 Å². The van der Waals surface area contributed by atoms with Gasteiger partial charge in [0.25, 0.3) is 0 Å². The Morgan fingerprint density at radius 2 is 1.24 bits per heavy atom. The van der Waals surface area contributed by atoms with E-state index in [9.17, 15) is 19.8 Å². The smallest absolute Gasteiger partial charge is 0.196 e. The molecule has 0 aliphatic rings. The molecule has 214 valence electrons. The highest BCUT2D eigenvalue weighted by atomic mass is 16.5. The molecule has 0 bridgehead atoms. The first kappa shape index (κ1) is 26.8. The first-order valence-electron chi connectivity index (χ1n) is 12.8. The van der Waals surface area contributed by atoms with Crippen molar-refractivity contribution >= 4 is 43.5 Å². The number of phenols is 2. The van der Waals surface area contributed by atoms with E-state index in [2.05, 4.69) is 0 Å². The number of methoxy groups -OCH3 is 4. The van der Waals surface area contributed by atoms with Crippen LogP contribution in [0.3, 0.4) is 0 Å². The van der Waals surface area contributed by atoms with Crippen LogP contribution in [0.15, 0.2) is 54.8 Å². The number of ether oxygens (including phenoxy) is 4. The molecule has 0 spiro atoms. The van der Waals surface area contributed by atoms with E-state index < -0.39 is 10.9 Å². The van der Waals surface area contributed by atoms with Crippen LogP contribution in [0.5, 0.6) is 34.5 Å². The first-order chi connectivity index (χ1) is 20.1. The number of aromatic hydroxyl groups is 2. The second-order valence-corrected chi connectivity index (χ2v) is 9.80. The normalized spacial score (nSPS) is 11.5. The molecule has 0 saturated carbocycles. The van der Waals surface area contributed by atoms with E-state index in [0.717, 1.165) is 0 Å². The summed E-state index contributed by atoms with van der Waals surface area (Å²) in [4.78, 5) is 25.8. The molecule has 42 heavy (non-hydrogen) atoms. The lowest BCUT2D eigenvalue weighted by Crippen LogP contribution is -2.04. The van der Waals surface area contributed by atoms with E-state index in [1.807, 2.05) is 0 Å². The fourth-order valence-corrected chi connectivity index (χ4v) is 5.70. The molecule has 2 aromatic heterocycles. The largest absolute Gasteiger partial charge is 0.507 e. The highest BCUT2D eigenvalue weighted by molar-refractivity contribution is 6.18. The Hall–Kier alpha value is -5.38. The van der Waals surface area contributed by atoms with Crippen molar-refractivity contribution in [3.63, 3.8) is 0 Å². The van der Waals surface area contributed by atoms with Crippen LogP contribution >= 0.6 is 0 Å². The van der Waals surface area contributed by atoms with Gasteiger partial charge in [-0.05, 0) is 37.4 Å². The lowest BCUT2D eigenvalue weighted by atomic mass is 9.91. The van der Waals surface area contributed by atoms with Gasteiger partial charge < -0.3 is 38.0 Å². The number of fused-ring (bicyclic) bond motifs is 5. The molecule has 0 atom stereocenters. The summed E-state index contributed by atoms with van der Waals surface area (Å²) >= 11 is 0. The maximum absolute atomic E-state index is 12.9. The van der Waals surface area contributed by atoms with Gasteiger partial charge in [0.2, 0.25) is 0 Å². The fourth-order valence-electron chi connectivity index (χ4n) is 5.70. The summed E-state index contributed by atoms with van der Waals surface area (Å²) in [6.45, 7) is 3.28. The summed E-state index contributed by atoms with van der Waals surface area (Å²) in [7, 11) is 5.85. The SMILES string of the molecule is COc1cc2cc(O)c3c(=O)cc(C)oc3c2c(OC)c1-c1c(OC)cc(OC)c2c(O)c3c(=O)cc(C)oc3cc12. The summed E-state index contributed by atoms with van der Waals surface area (Å²) in [6.07, 6.45) is 0. The van der Waals surface area contributed by atoms with Gasteiger partial charge in [0, 0.05) is 29.1 Å². The molecule has 0 radical (unpaired) electrons. The Balaban J connectivity index is 1.91. The van der Waals surface area contributed by atoms with Crippen molar-refractivity contribution in [3.05, 3.63) is 68.4 Å². The first-order valence-corrected chi connectivity index (χ1v) is 12.8. The average Bonchev–Trinajstić information content (AvgIpc) is 2.94. The molecular formula is C32H26O10. The van der Waals surface area contributed by atoms with Gasteiger partial charge in [0.1, 0.15) is 62.4 Å². The van der Waals surface area contributed by atoms with Gasteiger partial charge in [-0.2, -0.15) is 0 Å². The summed E-state index contributed by atoms with van der Waals surface area (Å²) in [5, 5.41) is 23.8. The van der Waals surface area contributed by atoms with Gasteiger partial charge in [-0.25, -0.2) is 0 Å². The van der Waals surface area contributed by atoms with Gasteiger partial charge in [-0.1, -0.05) is 0 Å². The Morgan fingerprint density at radius 1 is 0.619 bits per heavy atom. The number of hydrogen-bond acceptors (Lipinski definition) is 10. The predicted molar refractivity (Wildman–Crippen MR) is 158 cm³/mol. The molecule has 4 aromatic carbocycles. The van der Waals surface area contributed by atoms with E-state index >= 15 is 0 Å². The van der Waals surface area contributed by atoms with Crippen molar-refractivity contribution in [1.82, 2.24) is 0 Å². The molecule has 6 aromatic rings. The molecule has 0 unspecified atom stereocenters. The van der Waals surface area contributed by atoms with Crippen molar-refractivity contribution in [1.29, 1.82) is 0 Å². The van der Waals surface area contributed by atoms with E-state index in [0.29, 0.717) is 50.3 Å². The Kier molecular flexibility index (Phi) is 6.14. The van der Waals surface area contributed by atoms with E-state index in [1.165, 1.54) is 46.6 Å². The maximum atomic E-state index is 12.9. The van der Waals surface area contributed by atoms with Crippen molar-refractivity contribution in [2.45, 2.75) is 13.8 Å². The quantitative estimate of drug-likeness (QED) is 0.189. The third-order valence-electron chi connectivity index (χ3n) is 7.38. The summed E-state index contributed by atoms with van der Waals surface area (Å²) < 4.78 is 35.2. The van der Waals surface area contributed by atoms with Gasteiger partial charge >= 0.3 is 0 Å². The number of rotatable bonds is 5. The van der Waals surface area contributed by atoms with Crippen molar-refractivity contribution < 1.29 is 38.0 Å². The van der Waals surface area contributed by atoms with Crippen LogP contribution in [0.4, 0.5) is 0 Å². The average molecular weight is 571 g/mol. The molecule has 10 nitrogen and oxygen atoms in total. The topological polar surface area (TPSA) is 138 Å². The molecule has 0 amide bonds. The van der Waals surface area contributed by atoms with Gasteiger partial charge in [0.15, 0.2) is 16.4 Å². The number of benzene rings is 4. The lowest BCUT2D eigenvalue weighted by Gasteiger charge is -2.22. The van der Waals surface area contributed by atoms with Crippen molar-refractivity contribution in [2.24, 2.45) is 0 Å².